The van der Waals surface area contributed by atoms with E-state index in [1.54, 1.807) is 25.1 Å². The number of methoxy groups -OCH3 is 2. The van der Waals surface area contributed by atoms with E-state index >= 15 is 0 Å². The molecule has 2 rings (SSSR count). The third-order valence-electron chi connectivity index (χ3n) is 4.35. The van der Waals surface area contributed by atoms with E-state index in [9.17, 15) is 9.59 Å². The van der Waals surface area contributed by atoms with Gasteiger partial charge in [0.05, 0.1) is 19.9 Å². The van der Waals surface area contributed by atoms with E-state index < -0.39 is 18.0 Å². The second kappa shape index (κ2) is 9.60. The maximum absolute atomic E-state index is 12.6. The summed E-state index contributed by atoms with van der Waals surface area (Å²) in [5, 5.41) is 3.64. The van der Waals surface area contributed by atoms with Crippen molar-refractivity contribution in [2.45, 2.75) is 40.2 Å². The van der Waals surface area contributed by atoms with Crippen LogP contribution in [0.25, 0.3) is 0 Å². The van der Waals surface area contributed by atoms with Crippen molar-refractivity contribution >= 4 is 29.2 Å². The molecule has 29 heavy (non-hydrogen) atoms. The number of rotatable bonds is 7. The van der Waals surface area contributed by atoms with Gasteiger partial charge in [-0.05, 0) is 56.5 Å². The largest absolute Gasteiger partial charge is 0.467 e. The van der Waals surface area contributed by atoms with Crippen LogP contribution in [0.5, 0.6) is 11.6 Å². The Bertz CT molecular complexity index is 907. The predicted octanol–water partition coefficient (Wildman–Crippen LogP) is 4.60. The summed E-state index contributed by atoms with van der Waals surface area (Å²) < 4.78 is 15.8. The van der Waals surface area contributed by atoms with Crippen molar-refractivity contribution in [2.75, 3.05) is 19.5 Å². The standard InChI is InChI=1S/C21H25ClN2O5/c1-7-15(20(25)27-5)24-16-10-13(4)23-19(17(16)21(26)28-6)29-18-11(2)8-14(22)9-12(18)3/h8-10,15H,7H2,1-6H3,(H,23,24). The Hall–Kier alpha value is -2.80. The number of aryl methyl sites for hydroxylation is 3. The number of nitrogens with zero attached hydrogens (tertiary/aromatic N) is 1. The van der Waals surface area contributed by atoms with Gasteiger partial charge >= 0.3 is 11.9 Å². The Labute approximate surface area is 175 Å². The summed E-state index contributed by atoms with van der Waals surface area (Å²) in [5.41, 5.74) is 2.66. The smallest absolute Gasteiger partial charge is 0.345 e. The monoisotopic (exact) mass is 420 g/mol. The summed E-state index contributed by atoms with van der Waals surface area (Å²) in [6.07, 6.45) is 0.459. The van der Waals surface area contributed by atoms with Crippen molar-refractivity contribution in [1.82, 2.24) is 4.98 Å². The maximum Gasteiger partial charge on any atom is 0.345 e. The van der Waals surface area contributed by atoms with E-state index in [0.29, 0.717) is 28.6 Å². The second-order valence-corrected chi connectivity index (χ2v) is 7.02. The summed E-state index contributed by atoms with van der Waals surface area (Å²) in [6.45, 7) is 7.30. The molecule has 7 nitrogen and oxygen atoms in total. The molecule has 0 radical (unpaired) electrons. The Kier molecular flexibility index (Phi) is 7.45. The van der Waals surface area contributed by atoms with Crippen molar-refractivity contribution in [3.63, 3.8) is 0 Å². The lowest BCUT2D eigenvalue weighted by Gasteiger charge is -2.20. The number of hydrogen-bond donors (Lipinski definition) is 1. The lowest BCUT2D eigenvalue weighted by Crippen LogP contribution is -2.31. The number of carbonyl (C=O) groups excluding carboxylic acids is 2. The third-order valence-corrected chi connectivity index (χ3v) is 4.57. The van der Waals surface area contributed by atoms with Crippen LogP contribution in [0.4, 0.5) is 5.69 Å². The number of benzene rings is 1. The lowest BCUT2D eigenvalue weighted by molar-refractivity contribution is -0.141. The van der Waals surface area contributed by atoms with Crippen LogP contribution in [0.3, 0.4) is 0 Å². The average molecular weight is 421 g/mol. The number of nitrogens with one attached hydrogen (secondary N) is 1. The summed E-state index contributed by atoms with van der Waals surface area (Å²) in [4.78, 5) is 29.0. The molecule has 1 heterocycles. The molecule has 0 fully saturated rings. The molecule has 1 aromatic heterocycles. The highest BCUT2D eigenvalue weighted by Gasteiger charge is 2.26. The minimum atomic E-state index is -0.642. The van der Waals surface area contributed by atoms with E-state index in [2.05, 4.69) is 10.3 Å². The summed E-state index contributed by atoms with van der Waals surface area (Å²) in [5.74, 6) is -0.458. The number of anilines is 1. The van der Waals surface area contributed by atoms with E-state index in [1.165, 1.54) is 14.2 Å². The zero-order valence-electron chi connectivity index (χ0n) is 17.4. The molecule has 0 saturated heterocycles. The Morgan fingerprint density at radius 1 is 1.10 bits per heavy atom. The van der Waals surface area contributed by atoms with Gasteiger partial charge in [0.25, 0.3) is 0 Å². The number of esters is 2. The Morgan fingerprint density at radius 3 is 2.24 bits per heavy atom. The van der Waals surface area contributed by atoms with Gasteiger partial charge in [0, 0.05) is 10.7 Å². The van der Waals surface area contributed by atoms with Crippen molar-refractivity contribution in [3.05, 3.63) is 45.6 Å². The fraction of sp³-hybridized carbons (Fsp3) is 0.381. The quantitative estimate of drug-likeness (QED) is 0.655. The molecule has 0 spiro atoms. The summed E-state index contributed by atoms with van der Waals surface area (Å²) in [7, 11) is 2.58. The van der Waals surface area contributed by atoms with Gasteiger partial charge in [-0.1, -0.05) is 18.5 Å². The van der Waals surface area contributed by atoms with Crippen LogP contribution >= 0.6 is 11.6 Å². The summed E-state index contributed by atoms with van der Waals surface area (Å²) >= 11 is 6.10. The molecule has 156 valence electrons. The van der Waals surface area contributed by atoms with Gasteiger partial charge in [-0.3, -0.25) is 0 Å². The van der Waals surface area contributed by atoms with Crippen LogP contribution in [-0.4, -0.2) is 37.2 Å². The molecule has 1 aromatic carbocycles. The molecule has 2 aromatic rings. The summed E-state index contributed by atoms with van der Waals surface area (Å²) in [6, 6.07) is 4.55. The van der Waals surface area contributed by atoms with Gasteiger partial charge in [0.2, 0.25) is 5.88 Å². The van der Waals surface area contributed by atoms with Crippen molar-refractivity contribution in [1.29, 1.82) is 0 Å². The van der Waals surface area contributed by atoms with Gasteiger partial charge in [-0.15, -0.1) is 0 Å². The fourth-order valence-electron chi connectivity index (χ4n) is 2.94. The van der Waals surface area contributed by atoms with E-state index in [0.717, 1.165) is 11.1 Å². The van der Waals surface area contributed by atoms with Crippen LogP contribution in [0, 0.1) is 20.8 Å². The average Bonchev–Trinajstić information content (AvgIpc) is 2.67. The SMILES string of the molecule is CCC(Nc1cc(C)nc(Oc2c(C)cc(Cl)cc2C)c1C(=O)OC)C(=O)OC. The number of pyridine rings is 1. The number of carbonyl (C=O) groups is 2. The van der Waals surface area contributed by atoms with Crippen molar-refractivity contribution < 1.29 is 23.8 Å². The van der Waals surface area contributed by atoms with Crippen LogP contribution < -0.4 is 10.1 Å². The minimum Gasteiger partial charge on any atom is -0.467 e. The number of ether oxygens (including phenoxy) is 3. The molecule has 8 heteroatoms. The van der Waals surface area contributed by atoms with Gasteiger partial charge < -0.3 is 19.5 Å². The van der Waals surface area contributed by atoms with Gasteiger partial charge in [0.1, 0.15) is 17.4 Å². The first-order valence-electron chi connectivity index (χ1n) is 9.10. The van der Waals surface area contributed by atoms with Crippen molar-refractivity contribution in [2.24, 2.45) is 0 Å². The normalized spacial score (nSPS) is 11.6. The number of halogens is 1. The predicted molar refractivity (Wildman–Crippen MR) is 111 cm³/mol. The molecule has 1 N–H and O–H groups in total. The topological polar surface area (TPSA) is 86.8 Å². The van der Waals surface area contributed by atoms with E-state index in [1.807, 2.05) is 20.8 Å². The van der Waals surface area contributed by atoms with E-state index in [-0.39, 0.29) is 11.4 Å². The molecule has 0 bridgehead atoms. The number of hydrogen-bond acceptors (Lipinski definition) is 7. The van der Waals surface area contributed by atoms with Crippen molar-refractivity contribution in [3.8, 4) is 11.6 Å². The minimum absolute atomic E-state index is 0.0765. The van der Waals surface area contributed by atoms with Crippen LogP contribution in [0.2, 0.25) is 5.02 Å². The highest BCUT2D eigenvalue weighted by Crippen LogP contribution is 2.35. The second-order valence-electron chi connectivity index (χ2n) is 6.58. The molecule has 1 unspecified atom stereocenters. The first-order valence-corrected chi connectivity index (χ1v) is 9.48. The van der Waals surface area contributed by atoms with Gasteiger partial charge in [-0.2, -0.15) is 0 Å². The Balaban J connectivity index is 2.59. The van der Waals surface area contributed by atoms with Gasteiger partial charge in [-0.25, -0.2) is 14.6 Å². The molecule has 0 aliphatic heterocycles. The van der Waals surface area contributed by atoms with Crippen LogP contribution in [0.15, 0.2) is 18.2 Å². The molecule has 0 aliphatic carbocycles. The molecular weight excluding hydrogens is 396 g/mol. The zero-order chi connectivity index (χ0) is 21.7. The first kappa shape index (κ1) is 22.5. The highest BCUT2D eigenvalue weighted by molar-refractivity contribution is 6.30. The number of aromatic nitrogens is 1. The molecule has 1 atom stereocenters. The molecule has 0 saturated carbocycles. The van der Waals surface area contributed by atoms with E-state index in [4.69, 9.17) is 25.8 Å². The highest BCUT2D eigenvalue weighted by atomic mass is 35.5. The zero-order valence-corrected chi connectivity index (χ0v) is 18.1. The van der Waals surface area contributed by atoms with Gasteiger partial charge in [0.15, 0.2) is 0 Å². The lowest BCUT2D eigenvalue weighted by atomic mass is 10.1. The van der Waals surface area contributed by atoms with Crippen LogP contribution in [-0.2, 0) is 14.3 Å². The van der Waals surface area contributed by atoms with Crippen LogP contribution in [0.1, 0.15) is 40.5 Å². The molecule has 0 amide bonds. The molecule has 0 aliphatic rings. The maximum atomic E-state index is 12.6. The Morgan fingerprint density at radius 2 is 1.72 bits per heavy atom. The third kappa shape index (κ3) is 5.17. The fourth-order valence-corrected chi connectivity index (χ4v) is 3.27. The first-order chi connectivity index (χ1) is 13.7. The molecular formula is C21H25ClN2O5.